The zero-order valence-electron chi connectivity index (χ0n) is 18.4. The van der Waals surface area contributed by atoms with Gasteiger partial charge >= 0.3 is 0 Å². The number of anilines is 1. The maximum Gasteiger partial charge on any atom is 0.246 e. The van der Waals surface area contributed by atoms with Crippen molar-refractivity contribution in [2.75, 3.05) is 45.3 Å². The van der Waals surface area contributed by atoms with E-state index in [4.69, 9.17) is 9.47 Å². The van der Waals surface area contributed by atoms with Crippen LogP contribution in [0, 0.1) is 6.92 Å². The van der Waals surface area contributed by atoms with Gasteiger partial charge in [-0.15, -0.1) is 0 Å². The third-order valence-electron chi connectivity index (χ3n) is 5.34. The molecule has 0 radical (unpaired) electrons. The van der Waals surface area contributed by atoms with Crippen molar-refractivity contribution >= 4 is 17.8 Å². The largest absolute Gasteiger partial charge is 0.493 e. The number of rotatable bonds is 6. The average molecular weight is 435 g/mol. The average Bonchev–Trinajstić information content (AvgIpc) is 3.28. The van der Waals surface area contributed by atoms with Crippen molar-refractivity contribution in [3.63, 3.8) is 0 Å². The molecule has 32 heavy (non-hydrogen) atoms. The number of carbonyl (C=O) groups is 1. The highest BCUT2D eigenvalue weighted by Crippen LogP contribution is 2.28. The Bertz CT molecular complexity index is 1120. The molecule has 1 aliphatic heterocycles. The minimum absolute atomic E-state index is 0.0187. The first kappa shape index (κ1) is 21.4. The normalized spacial score (nSPS) is 14.1. The van der Waals surface area contributed by atoms with E-state index in [2.05, 4.69) is 20.0 Å². The minimum atomic E-state index is -0.0187. The second-order valence-corrected chi connectivity index (χ2v) is 7.40. The Labute approximate surface area is 186 Å². The summed E-state index contributed by atoms with van der Waals surface area (Å²) < 4.78 is 12.3. The molecule has 2 aromatic heterocycles. The maximum atomic E-state index is 12.7. The Morgan fingerprint density at radius 1 is 0.969 bits per heavy atom. The van der Waals surface area contributed by atoms with Gasteiger partial charge in [0.15, 0.2) is 17.3 Å². The zero-order valence-corrected chi connectivity index (χ0v) is 18.4. The van der Waals surface area contributed by atoms with Gasteiger partial charge in [-0.2, -0.15) is 5.10 Å². The molecule has 4 rings (SSSR count). The first-order chi connectivity index (χ1) is 15.6. The van der Waals surface area contributed by atoms with Crippen molar-refractivity contribution in [2.24, 2.45) is 0 Å². The summed E-state index contributed by atoms with van der Waals surface area (Å²) in [5.41, 5.74) is 1.80. The highest BCUT2D eigenvalue weighted by molar-refractivity contribution is 5.92. The zero-order chi connectivity index (χ0) is 22.5. The van der Waals surface area contributed by atoms with Crippen molar-refractivity contribution in [2.45, 2.75) is 6.92 Å². The number of nitrogens with zero attached hydrogens (tertiary/aromatic N) is 6. The Morgan fingerprint density at radius 2 is 1.72 bits per heavy atom. The van der Waals surface area contributed by atoms with Crippen LogP contribution in [0.25, 0.3) is 11.9 Å². The SMILES string of the molecule is COc1ccc(/C=C/C(=O)N2CCN(c3cc(-n4ccc(C)n4)ncn3)CC2)cc1OC. The van der Waals surface area contributed by atoms with Gasteiger partial charge in [0.1, 0.15) is 12.1 Å². The topological polar surface area (TPSA) is 85.6 Å². The Kier molecular flexibility index (Phi) is 6.34. The van der Waals surface area contributed by atoms with Gasteiger partial charge in [-0.25, -0.2) is 14.6 Å². The molecule has 0 bridgehead atoms. The summed E-state index contributed by atoms with van der Waals surface area (Å²) in [6.45, 7) is 4.58. The summed E-state index contributed by atoms with van der Waals surface area (Å²) in [6, 6.07) is 9.40. The van der Waals surface area contributed by atoms with Crippen LogP contribution in [0.1, 0.15) is 11.3 Å². The second kappa shape index (κ2) is 9.51. The van der Waals surface area contributed by atoms with Gasteiger partial charge in [0, 0.05) is 44.5 Å². The standard InChI is InChI=1S/C23H26N6O3/c1-17-8-9-29(26-17)22-15-21(24-16-25-22)27-10-12-28(13-11-27)23(30)7-5-18-4-6-19(31-2)20(14-18)32-3/h4-9,14-16H,10-13H2,1-3H3/b7-5+. The molecule has 3 heterocycles. The predicted octanol–water partition coefficient (Wildman–Crippen LogP) is 2.35. The van der Waals surface area contributed by atoms with Gasteiger partial charge in [0.25, 0.3) is 0 Å². The lowest BCUT2D eigenvalue weighted by atomic mass is 10.2. The summed E-state index contributed by atoms with van der Waals surface area (Å²) >= 11 is 0. The van der Waals surface area contributed by atoms with Gasteiger partial charge < -0.3 is 19.3 Å². The number of carbonyl (C=O) groups excluding carboxylic acids is 1. The third kappa shape index (κ3) is 4.72. The number of ether oxygens (including phenoxy) is 2. The van der Waals surface area contributed by atoms with E-state index in [1.165, 1.54) is 0 Å². The molecule has 1 aromatic carbocycles. The van der Waals surface area contributed by atoms with Gasteiger partial charge in [-0.3, -0.25) is 4.79 Å². The fraction of sp³-hybridized carbons (Fsp3) is 0.304. The molecule has 0 unspecified atom stereocenters. The third-order valence-corrected chi connectivity index (χ3v) is 5.34. The van der Waals surface area contributed by atoms with Crippen molar-refractivity contribution < 1.29 is 14.3 Å². The summed E-state index contributed by atoms with van der Waals surface area (Å²) in [5, 5.41) is 4.40. The monoisotopic (exact) mass is 434 g/mol. The first-order valence-electron chi connectivity index (χ1n) is 10.4. The number of aromatic nitrogens is 4. The molecule has 9 heteroatoms. The number of aryl methyl sites for hydroxylation is 1. The molecular weight excluding hydrogens is 408 g/mol. The van der Waals surface area contributed by atoms with Gasteiger partial charge in [0.05, 0.1) is 19.9 Å². The van der Waals surface area contributed by atoms with Crippen LogP contribution in [0.5, 0.6) is 11.5 Å². The van der Waals surface area contributed by atoms with Gasteiger partial charge in [-0.1, -0.05) is 6.07 Å². The minimum Gasteiger partial charge on any atom is -0.493 e. The summed E-state index contributed by atoms with van der Waals surface area (Å²) in [5.74, 6) is 2.82. The van der Waals surface area contributed by atoms with E-state index in [0.717, 1.165) is 22.9 Å². The number of piperazine rings is 1. The molecule has 0 aliphatic carbocycles. The fourth-order valence-electron chi connectivity index (χ4n) is 3.56. The van der Waals surface area contributed by atoms with Crippen molar-refractivity contribution in [1.82, 2.24) is 24.6 Å². The van der Waals surface area contributed by atoms with Gasteiger partial charge in [-0.05, 0) is 36.8 Å². The molecule has 1 aliphatic rings. The van der Waals surface area contributed by atoms with Crippen LogP contribution in [0.15, 0.2) is 48.9 Å². The lowest BCUT2D eigenvalue weighted by Crippen LogP contribution is -2.48. The highest BCUT2D eigenvalue weighted by atomic mass is 16.5. The summed E-state index contributed by atoms with van der Waals surface area (Å²) in [6.07, 6.45) is 6.81. The maximum absolute atomic E-state index is 12.7. The molecule has 166 valence electrons. The lowest BCUT2D eigenvalue weighted by Gasteiger charge is -2.35. The highest BCUT2D eigenvalue weighted by Gasteiger charge is 2.21. The molecule has 9 nitrogen and oxygen atoms in total. The Morgan fingerprint density at radius 3 is 2.41 bits per heavy atom. The van der Waals surface area contributed by atoms with Gasteiger partial charge in [0.2, 0.25) is 5.91 Å². The Balaban J connectivity index is 1.36. The van der Waals surface area contributed by atoms with Crippen LogP contribution >= 0.6 is 0 Å². The van der Waals surface area contributed by atoms with E-state index < -0.39 is 0 Å². The van der Waals surface area contributed by atoms with E-state index >= 15 is 0 Å². The molecular formula is C23H26N6O3. The van der Waals surface area contributed by atoms with E-state index in [-0.39, 0.29) is 5.91 Å². The van der Waals surface area contributed by atoms with Crippen LogP contribution in [0.4, 0.5) is 5.82 Å². The molecule has 1 fully saturated rings. The predicted molar refractivity (Wildman–Crippen MR) is 121 cm³/mol. The number of methoxy groups -OCH3 is 2. The van der Waals surface area contributed by atoms with Crippen LogP contribution in [0.3, 0.4) is 0 Å². The molecule has 0 atom stereocenters. The molecule has 0 N–H and O–H groups in total. The smallest absolute Gasteiger partial charge is 0.246 e. The molecule has 1 saturated heterocycles. The van der Waals surface area contributed by atoms with Crippen LogP contribution in [-0.2, 0) is 4.79 Å². The Hall–Kier alpha value is -3.88. The molecule has 3 aromatic rings. The number of hydrogen-bond acceptors (Lipinski definition) is 7. The van der Waals surface area contributed by atoms with Crippen LogP contribution in [0.2, 0.25) is 0 Å². The van der Waals surface area contributed by atoms with E-state index in [9.17, 15) is 4.79 Å². The number of amides is 1. The fourth-order valence-corrected chi connectivity index (χ4v) is 3.56. The second-order valence-electron chi connectivity index (χ2n) is 7.40. The quantitative estimate of drug-likeness (QED) is 0.551. The number of hydrogen-bond donors (Lipinski definition) is 0. The lowest BCUT2D eigenvalue weighted by molar-refractivity contribution is -0.126. The number of benzene rings is 1. The van der Waals surface area contributed by atoms with Crippen molar-refractivity contribution in [3.8, 4) is 17.3 Å². The molecule has 0 saturated carbocycles. The van der Waals surface area contributed by atoms with E-state index in [1.807, 2.05) is 48.4 Å². The van der Waals surface area contributed by atoms with Crippen LogP contribution in [-0.4, -0.2) is 71.0 Å². The van der Waals surface area contributed by atoms with Crippen LogP contribution < -0.4 is 14.4 Å². The molecule has 0 spiro atoms. The van der Waals surface area contributed by atoms with E-state index in [1.54, 1.807) is 37.4 Å². The summed E-state index contributed by atoms with van der Waals surface area (Å²) in [4.78, 5) is 25.4. The van der Waals surface area contributed by atoms with Crippen molar-refractivity contribution in [3.05, 3.63) is 60.2 Å². The van der Waals surface area contributed by atoms with Crippen molar-refractivity contribution in [1.29, 1.82) is 0 Å². The molecule has 1 amide bonds. The summed E-state index contributed by atoms with van der Waals surface area (Å²) in [7, 11) is 3.18. The first-order valence-corrected chi connectivity index (χ1v) is 10.4. The van der Waals surface area contributed by atoms with E-state index in [0.29, 0.717) is 37.7 Å².